The van der Waals surface area contributed by atoms with Gasteiger partial charge in [-0.2, -0.15) is 0 Å². The first kappa shape index (κ1) is 19.9. The molecule has 0 aromatic heterocycles. The monoisotopic (exact) mass is 425 g/mol. The van der Waals surface area contributed by atoms with Gasteiger partial charge in [0.15, 0.2) is 0 Å². The number of hydrogen-bond donors (Lipinski definition) is 2. The summed E-state index contributed by atoms with van der Waals surface area (Å²) in [5.74, 6) is -1.02. The van der Waals surface area contributed by atoms with Crippen LogP contribution >= 0.6 is 15.9 Å². The summed E-state index contributed by atoms with van der Waals surface area (Å²) in [5, 5.41) is 5.15. The topological polar surface area (TPSA) is 105 Å². The molecule has 0 radical (unpaired) electrons. The van der Waals surface area contributed by atoms with Gasteiger partial charge in [-0.1, -0.05) is 15.9 Å². The van der Waals surface area contributed by atoms with E-state index in [4.69, 9.17) is 4.74 Å². The van der Waals surface area contributed by atoms with E-state index in [2.05, 4.69) is 26.6 Å². The van der Waals surface area contributed by atoms with Gasteiger partial charge in [0.1, 0.15) is 0 Å². The second-order valence-corrected chi connectivity index (χ2v) is 6.46. The summed E-state index contributed by atoms with van der Waals surface area (Å²) in [4.78, 5) is 48.5. The summed E-state index contributed by atoms with van der Waals surface area (Å²) >= 11 is 3.28. The number of carbonyl (C=O) groups excluding carboxylic acids is 4. The lowest BCUT2D eigenvalue weighted by Gasteiger charge is -2.14. The second kappa shape index (κ2) is 9.33. The van der Waals surface area contributed by atoms with Crippen molar-refractivity contribution in [2.45, 2.75) is 19.8 Å². The van der Waals surface area contributed by atoms with Crippen molar-refractivity contribution in [3.8, 4) is 0 Å². The number of fused-ring (bicyclic) bond motifs is 1. The second-order valence-electron chi connectivity index (χ2n) is 5.54. The maximum absolute atomic E-state index is 12.3. The van der Waals surface area contributed by atoms with Crippen LogP contribution in [-0.4, -0.2) is 55.0 Å². The molecule has 0 saturated carbocycles. The van der Waals surface area contributed by atoms with Crippen molar-refractivity contribution in [1.29, 1.82) is 0 Å². The Morgan fingerprint density at radius 3 is 2.54 bits per heavy atom. The number of amides is 4. The SMILES string of the molecule is CCOC(=O)CCNC(=O)NCCCN1C(=O)c2ccc(Br)cc2C1=O. The van der Waals surface area contributed by atoms with E-state index < -0.39 is 6.03 Å². The van der Waals surface area contributed by atoms with Crippen molar-refractivity contribution >= 4 is 39.7 Å². The average molecular weight is 426 g/mol. The molecule has 1 heterocycles. The minimum absolute atomic E-state index is 0.103. The van der Waals surface area contributed by atoms with Gasteiger partial charge in [-0.25, -0.2) is 4.79 Å². The smallest absolute Gasteiger partial charge is 0.314 e. The molecule has 0 spiro atoms. The van der Waals surface area contributed by atoms with E-state index in [9.17, 15) is 19.2 Å². The number of carbonyl (C=O) groups is 4. The van der Waals surface area contributed by atoms with E-state index in [0.717, 1.165) is 4.47 Å². The maximum Gasteiger partial charge on any atom is 0.314 e. The number of halogens is 1. The van der Waals surface area contributed by atoms with Gasteiger partial charge in [-0.3, -0.25) is 19.3 Å². The fraction of sp³-hybridized carbons (Fsp3) is 0.412. The largest absolute Gasteiger partial charge is 0.466 e. The van der Waals surface area contributed by atoms with Crippen molar-refractivity contribution < 1.29 is 23.9 Å². The lowest BCUT2D eigenvalue weighted by atomic mass is 10.1. The number of rotatable bonds is 8. The quantitative estimate of drug-likeness (QED) is 0.374. The maximum atomic E-state index is 12.3. The highest BCUT2D eigenvalue weighted by atomic mass is 79.9. The van der Waals surface area contributed by atoms with Crippen molar-refractivity contribution in [1.82, 2.24) is 15.5 Å². The highest BCUT2D eigenvalue weighted by Crippen LogP contribution is 2.25. The van der Waals surface area contributed by atoms with Gasteiger partial charge < -0.3 is 15.4 Å². The number of nitrogens with zero attached hydrogens (tertiary/aromatic N) is 1. The van der Waals surface area contributed by atoms with Gasteiger partial charge in [-0.15, -0.1) is 0 Å². The highest BCUT2D eigenvalue weighted by molar-refractivity contribution is 9.10. The Bertz CT molecular complexity index is 722. The van der Waals surface area contributed by atoms with Gasteiger partial charge in [0.2, 0.25) is 0 Å². The Balaban J connectivity index is 1.69. The molecule has 4 amide bonds. The summed E-state index contributed by atoms with van der Waals surface area (Å²) < 4.78 is 5.49. The first-order chi connectivity index (χ1) is 12.4. The summed E-state index contributed by atoms with van der Waals surface area (Å²) in [6, 6.07) is 4.55. The molecule has 0 unspecified atom stereocenters. The summed E-state index contributed by atoms with van der Waals surface area (Å²) in [6.45, 7) is 2.71. The van der Waals surface area contributed by atoms with Crippen molar-refractivity contribution in [3.63, 3.8) is 0 Å². The molecule has 0 aliphatic carbocycles. The minimum Gasteiger partial charge on any atom is -0.466 e. The van der Waals surface area contributed by atoms with Gasteiger partial charge in [-0.05, 0) is 31.5 Å². The average Bonchev–Trinajstić information content (AvgIpc) is 2.83. The molecule has 9 heteroatoms. The predicted molar refractivity (Wildman–Crippen MR) is 96.8 cm³/mol. The summed E-state index contributed by atoms with van der Waals surface area (Å²) in [7, 11) is 0. The standard InChI is InChI=1S/C17H20BrN3O5/c1-2-26-14(22)6-8-20-17(25)19-7-3-9-21-15(23)12-5-4-11(18)10-13(12)16(21)24/h4-5,10H,2-3,6-9H2,1H3,(H2,19,20,25). The van der Waals surface area contributed by atoms with Gasteiger partial charge in [0, 0.05) is 24.1 Å². The number of ether oxygens (including phenoxy) is 1. The third kappa shape index (κ3) is 5.04. The fourth-order valence-electron chi connectivity index (χ4n) is 2.48. The predicted octanol–water partition coefficient (Wildman–Crippen LogP) is 1.69. The number of urea groups is 1. The number of hydrogen-bond acceptors (Lipinski definition) is 5. The van der Waals surface area contributed by atoms with Crippen LogP contribution in [0.15, 0.2) is 22.7 Å². The van der Waals surface area contributed by atoms with Crippen LogP contribution in [-0.2, 0) is 9.53 Å². The Labute approximate surface area is 159 Å². The molecule has 0 saturated heterocycles. The molecule has 0 atom stereocenters. The molecule has 26 heavy (non-hydrogen) atoms. The van der Waals surface area contributed by atoms with Crippen molar-refractivity contribution in [2.75, 3.05) is 26.2 Å². The van der Waals surface area contributed by atoms with E-state index in [0.29, 0.717) is 30.7 Å². The summed E-state index contributed by atoms with van der Waals surface area (Å²) in [6.07, 6.45) is 0.532. The number of nitrogens with one attached hydrogen (secondary N) is 2. The molecule has 0 fully saturated rings. The lowest BCUT2D eigenvalue weighted by Crippen LogP contribution is -2.39. The first-order valence-corrected chi connectivity index (χ1v) is 9.06. The van der Waals surface area contributed by atoms with Gasteiger partial charge in [0.25, 0.3) is 11.8 Å². The van der Waals surface area contributed by atoms with E-state index in [-0.39, 0.29) is 37.3 Å². The van der Waals surface area contributed by atoms with Crippen molar-refractivity contribution in [3.05, 3.63) is 33.8 Å². The van der Waals surface area contributed by atoms with Crippen LogP contribution in [0.4, 0.5) is 4.79 Å². The van der Waals surface area contributed by atoms with Crippen LogP contribution in [0.1, 0.15) is 40.5 Å². The van der Waals surface area contributed by atoms with E-state index >= 15 is 0 Å². The number of imide groups is 1. The molecule has 0 bridgehead atoms. The molecule has 1 aromatic carbocycles. The highest BCUT2D eigenvalue weighted by Gasteiger charge is 2.34. The Kier molecular flexibility index (Phi) is 7.14. The molecular formula is C17H20BrN3O5. The number of benzene rings is 1. The number of esters is 1. The molecular weight excluding hydrogens is 406 g/mol. The minimum atomic E-state index is -0.416. The molecule has 140 valence electrons. The zero-order valence-electron chi connectivity index (χ0n) is 14.3. The molecule has 8 nitrogen and oxygen atoms in total. The lowest BCUT2D eigenvalue weighted by molar-refractivity contribution is -0.142. The zero-order chi connectivity index (χ0) is 19.1. The first-order valence-electron chi connectivity index (χ1n) is 8.27. The van der Waals surface area contributed by atoms with Gasteiger partial charge >= 0.3 is 12.0 Å². The third-order valence-electron chi connectivity index (χ3n) is 3.70. The van der Waals surface area contributed by atoms with Crippen molar-refractivity contribution in [2.24, 2.45) is 0 Å². The van der Waals surface area contributed by atoms with Crippen LogP contribution in [0.3, 0.4) is 0 Å². The van der Waals surface area contributed by atoms with Crippen LogP contribution in [0.25, 0.3) is 0 Å². The molecule has 1 aromatic rings. The van der Waals surface area contributed by atoms with Gasteiger partial charge in [0.05, 0.1) is 24.2 Å². The van der Waals surface area contributed by atoms with Crippen LogP contribution in [0.5, 0.6) is 0 Å². The van der Waals surface area contributed by atoms with E-state index in [1.165, 1.54) is 4.90 Å². The fourth-order valence-corrected chi connectivity index (χ4v) is 2.84. The molecule has 1 aliphatic heterocycles. The third-order valence-corrected chi connectivity index (χ3v) is 4.19. The van der Waals surface area contributed by atoms with Crippen LogP contribution in [0.2, 0.25) is 0 Å². The Hall–Kier alpha value is -2.42. The normalized spacial score (nSPS) is 12.8. The molecule has 1 aliphatic rings. The van der Waals surface area contributed by atoms with E-state index in [1.807, 2.05) is 0 Å². The summed E-state index contributed by atoms with van der Waals surface area (Å²) in [5.41, 5.74) is 0.775. The van der Waals surface area contributed by atoms with Crippen LogP contribution < -0.4 is 10.6 Å². The Morgan fingerprint density at radius 2 is 1.81 bits per heavy atom. The molecule has 2 N–H and O–H groups in total. The van der Waals surface area contributed by atoms with Crippen LogP contribution in [0, 0.1) is 0 Å². The molecule has 2 rings (SSSR count). The zero-order valence-corrected chi connectivity index (χ0v) is 15.9. The Morgan fingerprint density at radius 1 is 1.12 bits per heavy atom. The van der Waals surface area contributed by atoms with E-state index in [1.54, 1.807) is 25.1 Å².